The minimum absolute atomic E-state index is 0.137. The molecule has 124 valence electrons. The van der Waals surface area contributed by atoms with Crippen LogP contribution in [0.4, 0.5) is 0 Å². The van der Waals surface area contributed by atoms with E-state index in [1.165, 1.54) is 5.56 Å². The molecule has 0 saturated carbocycles. The van der Waals surface area contributed by atoms with Gasteiger partial charge in [-0.1, -0.05) is 30.3 Å². The van der Waals surface area contributed by atoms with Crippen molar-refractivity contribution in [2.45, 2.75) is 31.5 Å². The summed E-state index contributed by atoms with van der Waals surface area (Å²) >= 11 is 0. The molecule has 3 unspecified atom stereocenters. The Kier molecular flexibility index (Phi) is 5.82. The highest BCUT2D eigenvalue weighted by molar-refractivity contribution is 5.15. The van der Waals surface area contributed by atoms with Crippen molar-refractivity contribution in [2.75, 3.05) is 20.2 Å². The molecule has 5 nitrogen and oxygen atoms in total. The van der Waals surface area contributed by atoms with E-state index in [-0.39, 0.29) is 18.7 Å². The van der Waals surface area contributed by atoms with Gasteiger partial charge in [0.25, 0.3) is 0 Å². The van der Waals surface area contributed by atoms with Crippen LogP contribution >= 0.6 is 0 Å². The van der Waals surface area contributed by atoms with Crippen LogP contribution in [0.25, 0.3) is 0 Å². The second kappa shape index (κ2) is 8.26. The van der Waals surface area contributed by atoms with Crippen LogP contribution in [-0.4, -0.2) is 32.8 Å². The van der Waals surface area contributed by atoms with Crippen LogP contribution in [-0.2, 0) is 20.6 Å². The van der Waals surface area contributed by atoms with Crippen LogP contribution < -0.4 is 5.32 Å². The minimum Gasteiger partial charge on any atom is -0.467 e. The second-order valence-electron chi connectivity index (χ2n) is 5.55. The van der Waals surface area contributed by atoms with Crippen LogP contribution in [0.5, 0.6) is 0 Å². The van der Waals surface area contributed by atoms with Gasteiger partial charge in [-0.25, -0.2) is 0 Å². The number of nitrogens with one attached hydrogen (secondary N) is 1. The van der Waals surface area contributed by atoms with Crippen LogP contribution in [0, 0.1) is 0 Å². The Morgan fingerprint density at radius 2 is 2.09 bits per heavy atom. The Bertz CT molecular complexity index is 558. The third kappa shape index (κ3) is 4.65. The molecule has 3 rings (SSSR count). The third-order valence-electron chi connectivity index (χ3n) is 3.80. The van der Waals surface area contributed by atoms with E-state index in [1.807, 2.05) is 37.4 Å². The summed E-state index contributed by atoms with van der Waals surface area (Å²) in [6, 6.07) is 14.0. The van der Waals surface area contributed by atoms with Crippen LogP contribution in [0.15, 0.2) is 53.1 Å². The summed E-state index contributed by atoms with van der Waals surface area (Å²) in [5.41, 5.74) is 1.19. The Morgan fingerprint density at radius 1 is 1.22 bits per heavy atom. The first-order chi connectivity index (χ1) is 11.3. The molecule has 0 amide bonds. The maximum absolute atomic E-state index is 6.04. The molecular weight excluding hydrogens is 294 g/mol. The number of ether oxygens (including phenoxy) is 3. The monoisotopic (exact) mass is 317 g/mol. The highest BCUT2D eigenvalue weighted by Crippen LogP contribution is 2.27. The molecule has 0 spiro atoms. The number of hydrogen-bond donors (Lipinski definition) is 1. The zero-order valence-corrected chi connectivity index (χ0v) is 13.3. The zero-order valence-electron chi connectivity index (χ0n) is 13.3. The summed E-state index contributed by atoms with van der Waals surface area (Å²) in [6.45, 7) is 1.28. The molecule has 1 fully saturated rings. The van der Waals surface area contributed by atoms with E-state index in [2.05, 4.69) is 17.4 Å². The summed E-state index contributed by atoms with van der Waals surface area (Å²) in [5, 5.41) is 3.13. The standard InChI is InChI=1S/C18H23NO4/c1-19-10-9-16(15-8-5-11-20-15)22-18-13-21-17(23-18)12-14-6-3-2-4-7-14/h2-8,11,16-19H,9-10,12-13H2,1H3. The Balaban J connectivity index is 1.53. The Morgan fingerprint density at radius 3 is 2.83 bits per heavy atom. The Labute approximate surface area is 136 Å². The fraction of sp³-hybridized carbons (Fsp3) is 0.444. The first kappa shape index (κ1) is 16.2. The summed E-state index contributed by atoms with van der Waals surface area (Å²) in [7, 11) is 1.92. The molecule has 1 saturated heterocycles. The summed E-state index contributed by atoms with van der Waals surface area (Å²) in [5.74, 6) is 0.815. The summed E-state index contributed by atoms with van der Waals surface area (Å²) < 4.78 is 23.1. The summed E-state index contributed by atoms with van der Waals surface area (Å²) in [6.07, 6.45) is 2.44. The van der Waals surface area contributed by atoms with Gasteiger partial charge in [-0.05, 0) is 37.7 Å². The molecule has 2 heterocycles. The molecule has 2 aromatic rings. The molecule has 3 atom stereocenters. The first-order valence-electron chi connectivity index (χ1n) is 7.99. The lowest BCUT2D eigenvalue weighted by atomic mass is 10.1. The predicted octanol–water partition coefficient (Wildman–Crippen LogP) is 2.89. The largest absolute Gasteiger partial charge is 0.467 e. The van der Waals surface area contributed by atoms with Gasteiger partial charge in [-0.2, -0.15) is 0 Å². The normalized spacial score (nSPS) is 22.3. The first-order valence-corrected chi connectivity index (χ1v) is 7.99. The topological polar surface area (TPSA) is 52.9 Å². The molecule has 5 heteroatoms. The van der Waals surface area contributed by atoms with Gasteiger partial charge in [0.05, 0.1) is 6.26 Å². The maximum Gasteiger partial charge on any atom is 0.184 e. The third-order valence-corrected chi connectivity index (χ3v) is 3.80. The van der Waals surface area contributed by atoms with Crippen molar-refractivity contribution in [3.63, 3.8) is 0 Å². The smallest absolute Gasteiger partial charge is 0.184 e. The second-order valence-corrected chi connectivity index (χ2v) is 5.55. The lowest BCUT2D eigenvalue weighted by Gasteiger charge is -2.19. The van der Waals surface area contributed by atoms with Gasteiger partial charge < -0.3 is 23.9 Å². The molecule has 1 aliphatic rings. The van der Waals surface area contributed by atoms with Crippen LogP contribution in [0.1, 0.15) is 23.8 Å². The summed E-state index contributed by atoms with van der Waals surface area (Å²) in [4.78, 5) is 0. The van der Waals surface area contributed by atoms with Gasteiger partial charge in [-0.15, -0.1) is 0 Å². The van der Waals surface area contributed by atoms with Crippen LogP contribution in [0.2, 0.25) is 0 Å². The lowest BCUT2D eigenvalue weighted by molar-refractivity contribution is -0.171. The average molecular weight is 317 g/mol. The van der Waals surface area contributed by atoms with E-state index < -0.39 is 0 Å². The molecule has 0 radical (unpaired) electrons. The van der Waals surface area contributed by atoms with Gasteiger partial charge in [0.2, 0.25) is 0 Å². The van der Waals surface area contributed by atoms with E-state index in [9.17, 15) is 0 Å². The Hall–Kier alpha value is -1.66. The highest BCUT2D eigenvalue weighted by Gasteiger charge is 2.30. The van der Waals surface area contributed by atoms with E-state index in [1.54, 1.807) is 6.26 Å². The van der Waals surface area contributed by atoms with E-state index in [0.717, 1.165) is 25.1 Å². The predicted molar refractivity (Wildman–Crippen MR) is 85.8 cm³/mol. The minimum atomic E-state index is -0.365. The van der Waals surface area contributed by atoms with E-state index in [0.29, 0.717) is 6.61 Å². The van der Waals surface area contributed by atoms with Crippen molar-refractivity contribution in [2.24, 2.45) is 0 Å². The fourth-order valence-corrected chi connectivity index (χ4v) is 2.63. The maximum atomic E-state index is 6.04. The molecule has 23 heavy (non-hydrogen) atoms. The van der Waals surface area contributed by atoms with Gasteiger partial charge >= 0.3 is 0 Å². The van der Waals surface area contributed by atoms with Gasteiger partial charge in [0.1, 0.15) is 18.5 Å². The molecule has 1 aromatic carbocycles. The highest BCUT2D eigenvalue weighted by atomic mass is 16.8. The quantitative estimate of drug-likeness (QED) is 0.811. The molecular formula is C18H23NO4. The molecule has 1 N–H and O–H groups in total. The van der Waals surface area contributed by atoms with Crippen molar-refractivity contribution >= 4 is 0 Å². The number of benzene rings is 1. The number of furan rings is 1. The molecule has 1 aliphatic heterocycles. The molecule has 0 bridgehead atoms. The van der Waals surface area contributed by atoms with E-state index in [4.69, 9.17) is 18.6 Å². The van der Waals surface area contributed by atoms with Gasteiger partial charge in [0, 0.05) is 6.42 Å². The van der Waals surface area contributed by atoms with Crippen molar-refractivity contribution < 1.29 is 18.6 Å². The van der Waals surface area contributed by atoms with Crippen molar-refractivity contribution in [1.29, 1.82) is 0 Å². The molecule has 0 aliphatic carbocycles. The van der Waals surface area contributed by atoms with Crippen molar-refractivity contribution in [3.8, 4) is 0 Å². The molecule has 1 aromatic heterocycles. The van der Waals surface area contributed by atoms with Crippen molar-refractivity contribution in [3.05, 3.63) is 60.1 Å². The van der Waals surface area contributed by atoms with Gasteiger partial charge in [0.15, 0.2) is 12.6 Å². The zero-order chi connectivity index (χ0) is 15.9. The van der Waals surface area contributed by atoms with Crippen LogP contribution in [0.3, 0.4) is 0 Å². The number of rotatable bonds is 8. The SMILES string of the molecule is CNCCC(OC1COC(Cc2ccccc2)O1)c1ccco1. The van der Waals surface area contributed by atoms with Crippen molar-refractivity contribution in [1.82, 2.24) is 5.32 Å². The fourth-order valence-electron chi connectivity index (χ4n) is 2.63. The lowest BCUT2D eigenvalue weighted by Crippen LogP contribution is -2.22. The van der Waals surface area contributed by atoms with Gasteiger partial charge in [-0.3, -0.25) is 0 Å². The average Bonchev–Trinajstić information content (AvgIpc) is 3.24. The van der Waals surface area contributed by atoms with E-state index >= 15 is 0 Å². The number of hydrogen-bond acceptors (Lipinski definition) is 5.